The van der Waals surface area contributed by atoms with Gasteiger partial charge in [-0.15, -0.1) is 0 Å². The zero-order valence-electron chi connectivity index (χ0n) is 12.4. The minimum Gasteiger partial charge on any atom is -0.492 e. The van der Waals surface area contributed by atoms with Crippen molar-refractivity contribution >= 4 is 17.0 Å². The molecule has 0 unspecified atom stereocenters. The third-order valence-corrected chi connectivity index (χ3v) is 4.44. The van der Waals surface area contributed by atoms with Gasteiger partial charge in [0.05, 0.1) is 12.1 Å². The third-order valence-electron chi connectivity index (χ3n) is 4.44. The molecule has 0 atom stereocenters. The minimum absolute atomic E-state index is 0.0852. The molecule has 2 aromatic rings. The lowest BCUT2D eigenvalue weighted by molar-refractivity contribution is 0.228. The van der Waals surface area contributed by atoms with Crippen LogP contribution in [-0.4, -0.2) is 16.2 Å². The standard InChI is InChI=1S/C16H23N3O/c1-3-20-13-9-7-8-12-14(13)18-15(17)19(12)16(2)10-5-4-6-11-16/h7-9H,3-6,10-11H2,1-2H3,(H2,17,18). The maximum atomic E-state index is 6.23. The molecule has 0 bridgehead atoms. The smallest absolute Gasteiger partial charge is 0.201 e. The fourth-order valence-electron chi connectivity index (χ4n) is 3.47. The summed E-state index contributed by atoms with van der Waals surface area (Å²) in [5.74, 6) is 1.44. The Hall–Kier alpha value is -1.71. The van der Waals surface area contributed by atoms with Gasteiger partial charge in [0.1, 0.15) is 11.3 Å². The summed E-state index contributed by atoms with van der Waals surface area (Å²) < 4.78 is 7.90. The molecular weight excluding hydrogens is 250 g/mol. The van der Waals surface area contributed by atoms with Crippen molar-refractivity contribution in [1.82, 2.24) is 9.55 Å². The Labute approximate surface area is 119 Å². The van der Waals surface area contributed by atoms with Gasteiger partial charge in [0.2, 0.25) is 5.95 Å². The number of ether oxygens (including phenoxy) is 1. The highest BCUT2D eigenvalue weighted by Crippen LogP contribution is 2.40. The molecule has 1 saturated carbocycles. The number of benzene rings is 1. The zero-order valence-corrected chi connectivity index (χ0v) is 12.4. The summed E-state index contributed by atoms with van der Waals surface area (Å²) in [6, 6.07) is 6.09. The Morgan fingerprint density at radius 1 is 1.30 bits per heavy atom. The first-order valence-corrected chi connectivity index (χ1v) is 7.56. The topological polar surface area (TPSA) is 53.1 Å². The van der Waals surface area contributed by atoms with Gasteiger partial charge in [-0.05, 0) is 38.8 Å². The number of hydrogen-bond donors (Lipinski definition) is 1. The van der Waals surface area contributed by atoms with E-state index in [0.717, 1.165) is 16.8 Å². The van der Waals surface area contributed by atoms with Gasteiger partial charge in [-0.25, -0.2) is 4.98 Å². The van der Waals surface area contributed by atoms with Gasteiger partial charge in [0, 0.05) is 5.54 Å². The lowest BCUT2D eigenvalue weighted by Crippen LogP contribution is -2.33. The van der Waals surface area contributed by atoms with Crippen LogP contribution in [0.2, 0.25) is 0 Å². The van der Waals surface area contributed by atoms with E-state index in [0.29, 0.717) is 12.6 Å². The van der Waals surface area contributed by atoms with E-state index >= 15 is 0 Å². The van der Waals surface area contributed by atoms with E-state index in [1.54, 1.807) is 0 Å². The molecular formula is C16H23N3O. The highest BCUT2D eigenvalue weighted by molar-refractivity contribution is 5.84. The predicted octanol–water partition coefficient (Wildman–Crippen LogP) is 3.70. The minimum atomic E-state index is 0.0852. The van der Waals surface area contributed by atoms with Gasteiger partial charge in [-0.2, -0.15) is 0 Å². The number of para-hydroxylation sites is 1. The first kappa shape index (κ1) is 13.3. The number of imidazole rings is 1. The number of anilines is 1. The van der Waals surface area contributed by atoms with Crippen LogP contribution in [0.4, 0.5) is 5.95 Å². The van der Waals surface area contributed by atoms with Crippen molar-refractivity contribution in [3.63, 3.8) is 0 Å². The van der Waals surface area contributed by atoms with E-state index in [1.165, 1.54) is 32.1 Å². The molecule has 1 fully saturated rings. The fraction of sp³-hybridized carbons (Fsp3) is 0.562. The van der Waals surface area contributed by atoms with Crippen LogP contribution in [0.3, 0.4) is 0 Å². The second kappa shape index (κ2) is 5.00. The molecule has 1 heterocycles. The molecule has 0 radical (unpaired) electrons. The summed E-state index contributed by atoms with van der Waals surface area (Å²) in [7, 11) is 0. The first-order valence-electron chi connectivity index (χ1n) is 7.56. The monoisotopic (exact) mass is 273 g/mol. The van der Waals surface area contributed by atoms with Crippen molar-refractivity contribution in [3.8, 4) is 5.75 Å². The normalized spacial score (nSPS) is 18.3. The predicted molar refractivity (Wildman–Crippen MR) is 82.0 cm³/mol. The SMILES string of the molecule is CCOc1cccc2c1nc(N)n2C1(C)CCCCC1. The largest absolute Gasteiger partial charge is 0.492 e. The molecule has 108 valence electrons. The van der Waals surface area contributed by atoms with Gasteiger partial charge in [-0.3, -0.25) is 0 Å². The van der Waals surface area contributed by atoms with Crippen LogP contribution >= 0.6 is 0 Å². The van der Waals surface area contributed by atoms with Crippen LogP contribution in [0.25, 0.3) is 11.0 Å². The quantitative estimate of drug-likeness (QED) is 0.927. The highest BCUT2D eigenvalue weighted by Gasteiger charge is 2.32. The lowest BCUT2D eigenvalue weighted by atomic mass is 9.83. The van der Waals surface area contributed by atoms with Crippen LogP contribution in [0.1, 0.15) is 46.0 Å². The van der Waals surface area contributed by atoms with Crippen molar-refractivity contribution in [2.75, 3.05) is 12.3 Å². The van der Waals surface area contributed by atoms with Crippen molar-refractivity contribution in [2.45, 2.75) is 51.5 Å². The molecule has 0 saturated heterocycles. The van der Waals surface area contributed by atoms with Gasteiger partial charge in [0.25, 0.3) is 0 Å². The molecule has 0 spiro atoms. The maximum absolute atomic E-state index is 6.23. The van der Waals surface area contributed by atoms with Gasteiger partial charge in [-0.1, -0.05) is 25.3 Å². The third kappa shape index (κ3) is 2.03. The second-order valence-electron chi connectivity index (χ2n) is 5.92. The molecule has 20 heavy (non-hydrogen) atoms. The number of nitrogens with zero attached hydrogens (tertiary/aromatic N) is 2. The van der Waals surface area contributed by atoms with Crippen LogP contribution < -0.4 is 10.5 Å². The Balaban J connectivity index is 2.16. The number of fused-ring (bicyclic) bond motifs is 1. The summed E-state index contributed by atoms with van der Waals surface area (Å²) in [5, 5.41) is 0. The molecule has 1 aromatic heterocycles. The van der Waals surface area contributed by atoms with E-state index in [-0.39, 0.29) is 5.54 Å². The molecule has 1 aliphatic rings. The summed E-state index contributed by atoms with van der Waals surface area (Å²) >= 11 is 0. The average Bonchev–Trinajstić information content (AvgIpc) is 2.78. The molecule has 3 rings (SSSR count). The Morgan fingerprint density at radius 3 is 2.75 bits per heavy atom. The Morgan fingerprint density at radius 2 is 2.05 bits per heavy atom. The Kier molecular flexibility index (Phi) is 3.32. The van der Waals surface area contributed by atoms with Crippen molar-refractivity contribution in [2.24, 2.45) is 0 Å². The zero-order chi connectivity index (χ0) is 14.2. The summed E-state index contributed by atoms with van der Waals surface area (Å²) in [4.78, 5) is 4.57. The number of rotatable bonds is 3. The number of nitrogen functional groups attached to an aromatic ring is 1. The molecule has 0 amide bonds. The van der Waals surface area contributed by atoms with Crippen molar-refractivity contribution < 1.29 is 4.74 Å². The number of nitrogens with two attached hydrogens (primary N) is 1. The van der Waals surface area contributed by atoms with E-state index in [1.807, 2.05) is 19.1 Å². The number of aromatic nitrogens is 2. The summed E-state index contributed by atoms with van der Waals surface area (Å²) in [6.45, 7) is 4.93. The van der Waals surface area contributed by atoms with Crippen LogP contribution in [0.5, 0.6) is 5.75 Å². The molecule has 1 aromatic carbocycles. The van der Waals surface area contributed by atoms with E-state index < -0.39 is 0 Å². The second-order valence-corrected chi connectivity index (χ2v) is 5.92. The molecule has 1 aliphatic carbocycles. The first-order chi connectivity index (χ1) is 9.65. The summed E-state index contributed by atoms with van der Waals surface area (Å²) in [6.07, 6.45) is 6.19. The van der Waals surface area contributed by atoms with Gasteiger partial charge >= 0.3 is 0 Å². The lowest BCUT2D eigenvalue weighted by Gasteiger charge is -2.36. The van der Waals surface area contributed by atoms with Crippen LogP contribution in [-0.2, 0) is 5.54 Å². The van der Waals surface area contributed by atoms with Crippen LogP contribution in [0, 0.1) is 0 Å². The van der Waals surface area contributed by atoms with E-state index in [4.69, 9.17) is 10.5 Å². The maximum Gasteiger partial charge on any atom is 0.201 e. The van der Waals surface area contributed by atoms with E-state index in [2.05, 4.69) is 22.5 Å². The number of hydrogen-bond acceptors (Lipinski definition) is 3. The molecule has 2 N–H and O–H groups in total. The Bertz CT molecular complexity index is 611. The van der Waals surface area contributed by atoms with E-state index in [9.17, 15) is 0 Å². The molecule has 4 nitrogen and oxygen atoms in total. The van der Waals surface area contributed by atoms with Gasteiger partial charge < -0.3 is 15.0 Å². The van der Waals surface area contributed by atoms with Gasteiger partial charge in [0.15, 0.2) is 0 Å². The fourth-order valence-corrected chi connectivity index (χ4v) is 3.47. The summed E-state index contributed by atoms with van der Waals surface area (Å²) in [5.41, 5.74) is 8.30. The van der Waals surface area contributed by atoms with Crippen LogP contribution in [0.15, 0.2) is 18.2 Å². The average molecular weight is 273 g/mol. The van der Waals surface area contributed by atoms with Crippen molar-refractivity contribution in [3.05, 3.63) is 18.2 Å². The molecule has 0 aliphatic heterocycles. The highest BCUT2D eigenvalue weighted by atomic mass is 16.5. The molecule has 4 heteroatoms. The van der Waals surface area contributed by atoms with Crippen molar-refractivity contribution in [1.29, 1.82) is 0 Å².